The van der Waals surface area contributed by atoms with E-state index in [1.807, 2.05) is 18.2 Å². The van der Waals surface area contributed by atoms with Crippen molar-refractivity contribution in [1.29, 1.82) is 0 Å². The van der Waals surface area contributed by atoms with Crippen molar-refractivity contribution in [3.63, 3.8) is 0 Å². The normalized spacial score (nSPS) is 27.4. The van der Waals surface area contributed by atoms with Crippen molar-refractivity contribution < 1.29 is 9.53 Å². The minimum Gasteiger partial charge on any atom is -0.374 e. The molecule has 2 unspecified atom stereocenters. The number of ether oxygens (including phenoxy) is 1. The second-order valence-electron chi connectivity index (χ2n) is 8.03. The summed E-state index contributed by atoms with van der Waals surface area (Å²) in [7, 11) is 0. The summed E-state index contributed by atoms with van der Waals surface area (Å²) in [6, 6.07) is 8.39. The van der Waals surface area contributed by atoms with Crippen LogP contribution in [-0.4, -0.2) is 78.6 Å². The summed E-state index contributed by atoms with van der Waals surface area (Å²) in [5.41, 5.74) is 1.25. The molecule has 1 saturated carbocycles. The van der Waals surface area contributed by atoms with Crippen LogP contribution in [0.15, 0.2) is 24.3 Å². The van der Waals surface area contributed by atoms with Gasteiger partial charge in [-0.25, -0.2) is 0 Å². The molecule has 1 aromatic rings. The highest BCUT2D eigenvalue weighted by Gasteiger charge is 2.37. The lowest BCUT2D eigenvalue weighted by Crippen LogP contribution is -2.57. The molecule has 0 radical (unpaired) electrons. The molecule has 148 valence electrons. The van der Waals surface area contributed by atoms with Crippen LogP contribution in [0.1, 0.15) is 31.2 Å². The van der Waals surface area contributed by atoms with Crippen molar-refractivity contribution in [3.05, 3.63) is 34.9 Å². The molecule has 27 heavy (non-hydrogen) atoms. The Morgan fingerprint density at radius 1 is 1.07 bits per heavy atom. The summed E-state index contributed by atoms with van der Waals surface area (Å²) < 4.78 is 5.91. The molecule has 0 N–H and O–H groups in total. The van der Waals surface area contributed by atoms with E-state index in [1.54, 1.807) is 0 Å². The number of benzene rings is 1. The van der Waals surface area contributed by atoms with Crippen LogP contribution in [0.5, 0.6) is 0 Å². The van der Waals surface area contributed by atoms with Gasteiger partial charge < -0.3 is 9.64 Å². The van der Waals surface area contributed by atoms with Gasteiger partial charge in [0.2, 0.25) is 5.91 Å². The molecule has 6 heteroatoms. The Hall–Kier alpha value is -1.14. The lowest BCUT2D eigenvalue weighted by atomic mass is 9.90. The van der Waals surface area contributed by atoms with E-state index in [0.29, 0.717) is 25.1 Å². The maximum absolute atomic E-state index is 12.9. The number of nitrogens with zero attached hydrogens (tertiary/aromatic N) is 3. The first-order valence-electron chi connectivity index (χ1n) is 10.3. The van der Waals surface area contributed by atoms with E-state index in [-0.39, 0.29) is 6.10 Å². The Balaban J connectivity index is 1.25. The summed E-state index contributed by atoms with van der Waals surface area (Å²) in [6.45, 7) is 6.82. The average molecular weight is 392 g/mol. The predicted molar refractivity (Wildman–Crippen MR) is 107 cm³/mol. The van der Waals surface area contributed by atoms with Gasteiger partial charge in [-0.05, 0) is 30.5 Å². The van der Waals surface area contributed by atoms with E-state index in [9.17, 15) is 4.79 Å². The van der Waals surface area contributed by atoms with Crippen molar-refractivity contribution in [2.45, 2.75) is 44.4 Å². The Morgan fingerprint density at radius 3 is 2.67 bits per heavy atom. The van der Waals surface area contributed by atoms with Gasteiger partial charge in [-0.1, -0.05) is 36.6 Å². The Morgan fingerprint density at radius 2 is 1.85 bits per heavy atom. The number of hydrogen-bond acceptors (Lipinski definition) is 4. The SMILES string of the molecule is O=C(CN1CCN(Cc2cccc(Cl)c2)CC1)N1CCOC2CCCCC21. The molecule has 2 aliphatic heterocycles. The van der Waals surface area contributed by atoms with Crippen molar-refractivity contribution >= 4 is 17.5 Å². The minimum absolute atomic E-state index is 0.269. The molecule has 1 aliphatic carbocycles. The Kier molecular flexibility index (Phi) is 6.33. The molecule has 4 rings (SSSR count). The van der Waals surface area contributed by atoms with Crippen LogP contribution in [0.25, 0.3) is 0 Å². The first-order valence-corrected chi connectivity index (χ1v) is 10.7. The molecule has 0 aromatic heterocycles. The fourth-order valence-corrected chi connectivity index (χ4v) is 4.90. The third kappa shape index (κ3) is 4.83. The van der Waals surface area contributed by atoms with E-state index in [1.165, 1.54) is 18.4 Å². The lowest BCUT2D eigenvalue weighted by molar-refractivity contribution is -0.151. The molecule has 0 bridgehead atoms. The zero-order valence-electron chi connectivity index (χ0n) is 16.0. The zero-order valence-corrected chi connectivity index (χ0v) is 16.7. The van der Waals surface area contributed by atoms with Crippen molar-refractivity contribution in [2.75, 3.05) is 45.9 Å². The van der Waals surface area contributed by atoms with E-state index in [2.05, 4.69) is 20.8 Å². The molecular weight excluding hydrogens is 362 g/mol. The third-order valence-corrected chi connectivity index (χ3v) is 6.41. The van der Waals surface area contributed by atoms with Crippen molar-refractivity contribution in [2.24, 2.45) is 0 Å². The van der Waals surface area contributed by atoms with Crippen LogP contribution < -0.4 is 0 Å². The quantitative estimate of drug-likeness (QED) is 0.790. The van der Waals surface area contributed by atoms with Gasteiger partial charge in [0.15, 0.2) is 0 Å². The molecule has 1 aromatic carbocycles. The summed E-state index contributed by atoms with van der Waals surface area (Å²) in [5, 5.41) is 0.795. The number of halogens is 1. The molecular formula is C21H30ClN3O2. The van der Waals surface area contributed by atoms with Crippen LogP contribution in [0.4, 0.5) is 0 Å². The molecule has 3 fully saturated rings. The number of morpholine rings is 1. The van der Waals surface area contributed by atoms with Gasteiger partial charge in [-0.2, -0.15) is 0 Å². The van der Waals surface area contributed by atoms with Crippen molar-refractivity contribution in [1.82, 2.24) is 14.7 Å². The maximum Gasteiger partial charge on any atom is 0.237 e. The third-order valence-electron chi connectivity index (χ3n) is 6.17. The van der Waals surface area contributed by atoms with Gasteiger partial charge in [0.05, 0.1) is 25.3 Å². The molecule has 0 spiro atoms. The summed E-state index contributed by atoms with van der Waals surface area (Å²) in [4.78, 5) is 19.8. The number of hydrogen-bond donors (Lipinski definition) is 0. The van der Waals surface area contributed by atoms with Crippen LogP contribution in [0, 0.1) is 0 Å². The van der Waals surface area contributed by atoms with Crippen LogP contribution in [0.2, 0.25) is 5.02 Å². The van der Waals surface area contributed by atoms with E-state index >= 15 is 0 Å². The highest BCUT2D eigenvalue weighted by Crippen LogP contribution is 2.28. The fourth-order valence-electron chi connectivity index (χ4n) is 4.69. The smallest absolute Gasteiger partial charge is 0.237 e. The van der Waals surface area contributed by atoms with Gasteiger partial charge in [-0.3, -0.25) is 14.6 Å². The maximum atomic E-state index is 12.9. The number of carbonyl (C=O) groups excluding carboxylic acids is 1. The molecule has 2 saturated heterocycles. The van der Waals surface area contributed by atoms with Gasteiger partial charge in [-0.15, -0.1) is 0 Å². The summed E-state index contributed by atoms with van der Waals surface area (Å²) >= 11 is 6.09. The number of amides is 1. The van der Waals surface area contributed by atoms with Crippen LogP contribution >= 0.6 is 11.6 Å². The second kappa shape index (κ2) is 8.91. The van der Waals surface area contributed by atoms with E-state index in [0.717, 1.165) is 57.1 Å². The first-order chi connectivity index (χ1) is 13.2. The zero-order chi connectivity index (χ0) is 18.6. The fraction of sp³-hybridized carbons (Fsp3) is 0.667. The van der Waals surface area contributed by atoms with Crippen LogP contribution in [-0.2, 0) is 16.1 Å². The highest BCUT2D eigenvalue weighted by molar-refractivity contribution is 6.30. The average Bonchev–Trinajstić information content (AvgIpc) is 2.69. The Bertz CT molecular complexity index is 646. The molecule has 3 aliphatic rings. The Labute approximate surface area is 167 Å². The standard InChI is InChI=1S/C21H30ClN3O2/c22-18-5-3-4-17(14-18)15-23-8-10-24(11-9-23)16-21(26)25-12-13-27-20-7-2-1-6-19(20)25/h3-5,14,19-20H,1-2,6-13,15-16H2. The molecule has 2 heterocycles. The second-order valence-corrected chi connectivity index (χ2v) is 8.47. The largest absolute Gasteiger partial charge is 0.374 e. The minimum atomic E-state index is 0.269. The highest BCUT2D eigenvalue weighted by atomic mass is 35.5. The van der Waals surface area contributed by atoms with E-state index in [4.69, 9.17) is 16.3 Å². The molecule has 2 atom stereocenters. The van der Waals surface area contributed by atoms with E-state index < -0.39 is 0 Å². The number of fused-ring (bicyclic) bond motifs is 1. The predicted octanol–water partition coefficient (Wildman–Crippen LogP) is 2.63. The number of carbonyl (C=O) groups is 1. The summed E-state index contributed by atoms with van der Waals surface area (Å²) in [6.07, 6.45) is 4.93. The van der Waals surface area contributed by atoms with Gasteiger partial charge in [0.25, 0.3) is 0 Å². The van der Waals surface area contributed by atoms with Crippen molar-refractivity contribution in [3.8, 4) is 0 Å². The lowest BCUT2D eigenvalue weighted by Gasteiger charge is -2.44. The van der Waals surface area contributed by atoms with Crippen LogP contribution in [0.3, 0.4) is 0 Å². The summed E-state index contributed by atoms with van der Waals surface area (Å²) in [5.74, 6) is 0.290. The number of rotatable bonds is 4. The molecule has 5 nitrogen and oxygen atoms in total. The first kappa shape index (κ1) is 19.2. The molecule has 1 amide bonds. The van der Waals surface area contributed by atoms with Gasteiger partial charge >= 0.3 is 0 Å². The monoisotopic (exact) mass is 391 g/mol. The van der Waals surface area contributed by atoms with Gasteiger partial charge in [0, 0.05) is 44.3 Å². The topological polar surface area (TPSA) is 36.0 Å². The van der Waals surface area contributed by atoms with Gasteiger partial charge in [0.1, 0.15) is 0 Å². The number of piperazine rings is 1.